The number of hydrogen-bond donors (Lipinski definition) is 1. The van der Waals surface area contributed by atoms with Gasteiger partial charge in [0.05, 0.1) is 6.61 Å². The number of benzene rings is 1. The Morgan fingerprint density at radius 3 is 2.67 bits per heavy atom. The van der Waals surface area contributed by atoms with Gasteiger partial charge in [-0.3, -0.25) is 0 Å². The lowest BCUT2D eigenvalue weighted by Gasteiger charge is -2.35. The summed E-state index contributed by atoms with van der Waals surface area (Å²) < 4.78 is 37.2. The van der Waals surface area contributed by atoms with Gasteiger partial charge in [-0.2, -0.15) is 12.6 Å². The predicted molar refractivity (Wildman–Crippen MR) is 68.2 cm³/mol. The lowest BCUT2D eigenvalue weighted by Crippen LogP contribution is -2.37. The van der Waals surface area contributed by atoms with Crippen LogP contribution in [-0.2, 0) is 4.74 Å². The molecule has 1 aliphatic rings. The number of ether oxygens (including phenoxy) is 2. The van der Waals surface area contributed by atoms with Crippen LogP contribution in [0.25, 0.3) is 0 Å². The molecule has 0 amide bonds. The molecule has 0 N–H and O–H groups in total. The van der Waals surface area contributed by atoms with Gasteiger partial charge >= 0.3 is 0 Å². The number of thiol groups is 1. The Hall–Kier alpha value is -0.810. The number of halogens is 2. The van der Waals surface area contributed by atoms with Gasteiger partial charge in [0.25, 0.3) is 0 Å². The molecule has 0 saturated carbocycles. The van der Waals surface area contributed by atoms with Crippen LogP contribution in [0.2, 0.25) is 0 Å². The molecule has 1 aliphatic heterocycles. The van der Waals surface area contributed by atoms with Gasteiger partial charge in [0.15, 0.2) is 11.6 Å². The molecule has 0 unspecified atom stereocenters. The summed E-state index contributed by atoms with van der Waals surface area (Å²) in [5.41, 5.74) is -0.111. The Kier molecular flexibility index (Phi) is 4.45. The van der Waals surface area contributed by atoms with Crippen LogP contribution >= 0.6 is 12.6 Å². The highest BCUT2D eigenvalue weighted by Gasteiger charge is 2.32. The Morgan fingerprint density at radius 2 is 2.00 bits per heavy atom. The van der Waals surface area contributed by atoms with Crippen molar-refractivity contribution in [3.63, 3.8) is 0 Å². The molecule has 0 spiro atoms. The first-order chi connectivity index (χ1) is 8.65. The maximum absolute atomic E-state index is 13.4. The lowest BCUT2D eigenvalue weighted by molar-refractivity contribution is 0.00240. The Balaban J connectivity index is 2.03. The highest BCUT2D eigenvalue weighted by atomic mass is 32.1. The van der Waals surface area contributed by atoms with Crippen molar-refractivity contribution in [1.29, 1.82) is 0 Å². The molecule has 100 valence electrons. The van der Waals surface area contributed by atoms with E-state index >= 15 is 0 Å². The summed E-state index contributed by atoms with van der Waals surface area (Å²) in [7, 11) is 0. The maximum atomic E-state index is 13.4. The van der Waals surface area contributed by atoms with Gasteiger partial charge in [-0.15, -0.1) is 0 Å². The zero-order chi connectivity index (χ0) is 13.0. The van der Waals surface area contributed by atoms with E-state index in [-0.39, 0.29) is 11.2 Å². The molecule has 5 heteroatoms. The van der Waals surface area contributed by atoms with Crippen LogP contribution in [0, 0.1) is 17.0 Å². The van der Waals surface area contributed by atoms with Gasteiger partial charge < -0.3 is 9.47 Å². The molecule has 2 nitrogen and oxygen atoms in total. The molecular weight excluding hydrogens is 258 g/mol. The average molecular weight is 274 g/mol. The van der Waals surface area contributed by atoms with Crippen LogP contribution in [0.15, 0.2) is 18.2 Å². The van der Waals surface area contributed by atoms with Crippen molar-refractivity contribution in [1.82, 2.24) is 0 Å². The minimum atomic E-state index is -0.544. The third-order valence-corrected chi connectivity index (χ3v) is 3.99. The van der Waals surface area contributed by atoms with E-state index in [1.807, 2.05) is 0 Å². The molecular formula is C13H16F2O2S. The van der Waals surface area contributed by atoms with Gasteiger partial charge in [-0.1, -0.05) is 0 Å². The van der Waals surface area contributed by atoms with Gasteiger partial charge in [-0.25, -0.2) is 8.78 Å². The van der Waals surface area contributed by atoms with Crippen molar-refractivity contribution in [2.45, 2.75) is 12.8 Å². The second kappa shape index (κ2) is 5.89. The van der Waals surface area contributed by atoms with Crippen LogP contribution < -0.4 is 4.74 Å². The van der Waals surface area contributed by atoms with Crippen molar-refractivity contribution in [3.05, 3.63) is 29.8 Å². The number of hydrogen-bond acceptors (Lipinski definition) is 3. The average Bonchev–Trinajstić information content (AvgIpc) is 2.41. The SMILES string of the molecule is Fc1ccc(F)c(OCC2(CS)CCOCC2)c1. The summed E-state index contributed by atoms with van der Waals surface area (Å²) >= 11 is 4.34. The second-order valence-corrected chi connectivity index (χ2v) is 4.95. The summed E-state index contributed by atoms with van der Waals surface area (Å²) in [5.74, 6) is -0.438. The molecule has 1 saturated heterocycles. The summed E-state index contributed by atoms with van der Waals surface area (Å²) in [6, 6.07) is 3.22. The van der Waals surface area contributed by atoms with E-state index in [2.05, 4.69) is 12.6 Å². The highest BCUT2D eigenvalue weighted by Crippen LogP contribution is 2.33. The third-order valence-electron chi connectivity index (χ3n) is 3.32. The first kappa shape index (κ1) is 13.6. The maximum Gasteiger partial charge on any atom is 0.165 e. The van der Waals surface area contributed by atoms with E-state index in [9.17, 15) is 8.78 Å². The van der Waals surface area contributed by atoms with Crippen molar-refractivity contribution in [2.24, 2.45) is 5.41 Å². The molecule has 1 aromatic rings. The van der Waals surface area contributed by atoms with Crippen molar-refractivity contribution in [2.75, 3.05) is 25.6 Å². The molecule has 0 aliphatic carbocycles. The minimum Gasteiger partial charge on any atom is -0.490 e. The molecule has 0 aromatic heterocycles. The van der Waals surface area contributed by atoms with Crippen molar-refractivity contribution < 1.29 is 18.3 Å². The highest BCUT2D eigenvalue weighted by molar-refractivity contribution is 7.80. The lowest BCUT2D eigenvalue weighted by atomic mass is 9.83. The summed E-state index contributed by atoms with van der Waals surface area (Å²) in [4.78, 5) is 0. The Labute approximate surface area is 111 Å². The largest absolute Gasteiger partial charge is 0.490 e. The smallest absolute Gasteiger partial charge is 0.165 e. The monoisotopic (exact) mass is 274 g/mol. The Morgan fingerprint density at radius 1 is 1.28 bits per heavy atom. The molecule has 0 atom stereocenters. The molecule has 0 radical (unpaired) electrons. The van der Waals surface area contributed by atoms with Crippen LogP contribution in [0.1, 0.15) is 12.8 Å². The fourth-order valence-electron chi connectivity index (χ4n) is 1.97. The molecule has 1 aromatic carbocycles. The minimum absolute atomic E-state index is 0.0392. The fraction of sp³-hybridized carbons (Fsp3) is 0.538. The van der Waals surface area contributed by atoms with Crippen molar-refractivity contribution in [3.8, 4) is 5.75 Å². The quantitative estimate of drug-likeness (QED) is 0.851. The first-order valence-electron chi connectivity index (χ1n) is 5.92. The van der Waals surface area contributed by atoms with Gasteiger partial charge in [0, 0.05) is 24.7 Å². The van der Waals surface area contributed by atoms with E-state index < -0.39 is 11.6 Å². The molecule has 1 heterocycles. The molecule has 2 rings (SSSR count). The van der Waals surface area contributed by atoms with Gasteiger partial charge in [0.1, 0.15) is 5.82 Å². The molecule has 1 fully saturated rings. The summed E-state index contributed by atoms with van der Waals surface area (Å²) in [5, 5.41) is 0. The van der Waals surface area contributed by atoms with Crippen LogP contribution in [-0.4, -0.2) is 25.6 Å². The zero-order valence-corrected chi connectivity index (χ0v) is 10.9. The van der Waals surface area contributed by atoms with Crippen LogP contribution in [0.5, 0.6) is 5.75 Å². The zero-order valence-electron chi connectivity index (χ0n) is 9.99. The normalized spacial score (nSPS) is 18.6. The van der Waals surface area contributed by atoms with Crippen molar-refractivity contribution >= 4 is 12.6 Å². The van der Waals surface area contributed by atoms with E-state index in [0.717, 1.165) is 31.0 Å². The molecule has 0 bridgehead atoms. The van der Waals surface area contributed by atoms with Gasteiger partial charge in [-0.05, 0) is 30.7 Å². The third kappa shape index (κ3) is 3.14. The van der Waals surface area contributed by atoms with Crippen LogP contribution in [0.3, 0.4) is 0 Å². The fourth-order valence-corrected chi connectivity index (χ4v) is 2.38. The van der Waals surface area contributed by atoms with E-state index in [1.54, 1.807) is 0 Å². The van der Waals surface area contributed by atoms with Crippen LogP contribution in [0.4, 0.5) is 8.78 Å². The Bertz CT molecular complexity index is 406. The number of rotatable bonds is 4. The topological polar surface area (TPSA) is 18.5 Å². The standard InChI is InChI=1S/C13H16F2O2S/c14-10-1-2-11(15)12(7-10)17-8-13(9-18)3-5-16-6-4-13/h1-2,7,18H,3-6,8-9H2. The van der Waals surface area contributed by atoms with E-state index in [1.165, 1.54) is 0 Å². The summed E-state index contributed by atoms with van der Waals surface area (Å²) in [6.45, 7) is 1.66. The first-order valence-corrected chi connectivity index (χ1v) is 6.55. The predicted octanol–water partition coefficient (Wildman–Crippen LogP) is 3.07. The van der Waals surface area contributed by atoms with E-state index in [0.29, 0.717) is 25.6 Å². The van der Waals surface area contributed by atoms with E-state index in [4.69, 9.17) is 9.47 Å². The van der Waals surface area contributed by atoms with Gasteiger partial charge in [0.2, 0.25) is 0 Å². The second-order valence-electron chi connectivity index (χ2n) is 4.63. The molecule has 18 heavy (non-hydrogen) atoms. The summed E-state index contributed by atoms with van der Waals surface area (Å²) in [6.07, 6.45) is 1.65.